The molecule has 1 aliphatic rings. The van der Waals surface area contributed by atoms with Crippen LogP contribution in [-0.2, 0) is 49.6 Å². The Kier molecular flexibility index (Phi) is 8.71. The Morgan fingerprint density at radius 2 is 1.84 bits per heavy atom. The number of nitrogens with zero attached hydrogens (tertiary/aromatic N) is 5. The number of ether oxygens (including phenoxy) is 3. The first-order valence-electron chi connectivity index (χ1n) is 16.5. The van der Waals surface area contributed by atoms with Crippen molar-refractivity contribution in [2.24, 2.45) is 14.1 Å². The first-order valence-corrected chi connectivity index (χ1v) is 16.8. The van der Waals surface area contributed by atoms with Crippen molar-refractivity contribution in [3.8, 4) is 16.9 Å². The van der Waals surface area contributed by atoms with Crippen molar-refractivity contribution in [1.82, 2.24) is 24.1 Å². The minimum Gasteiger partial charge on any atom is -0.493 e. The maximum atomic E-state index is 14.3. The number of methoxy groups -OCH3 is 1. The Morgan fingerprint density at radius 3 is 2.63 bits per heavy atom. The van der Waals surface area contributed by atoms with Gasteiger partial charge in [-0.15, -0.1) is 0 Å². The fraction of sp³-hybridized carbons (Fsp3) is 0.342. The van der Waals surface area contributed by atoms with Crippen LogP contribution in [0, 0.1) is 19.7 Å². The smallest absolute Gasteiger partial charge is 0.354 e. The summed E-state index contributed by atoms with van der Waals surface area (Å²) in [4.78, 5) is 13.3. The van der Waals surface area contributed by atoms with Gasteiger partial charge in [0.2, 0.25) is 0 Å². The second kappa shape index (κ2) is 13.0. The zero-order valence-electron chi connectivity index (χ0n) is 28.6. The van der Waals surface area contributed by atoms with E-state index < -0.39 is 12.1 Å². The molecule has 11 heteroatoms. The molecule has 0 N–H and O–H groups in total. The number of fused-ring (bicyclic) bond motifs is 8. The molecule has 0 fully saturated rings. The van der Waals surface area contributed by atoms with E-state index in [1.165, 1.54) is 13.2 Å². The SMILES string of the molecule is COC(=O)c1c(C)c2c3c(Cl)ccc2n1CCCOc1cc(cc2cc(F)ccc12)CCc1cc(nn1C)COC(C)c1nn(C)c(C)c1-3. The van der Waals surface area contributed by atoms with Crippen LogP contribution in [-0.4, -0.2) is 43.8 Å². The molecule has 0 saturated carbocycles. The van der Waals surface area contributed by atoms with E-state index in [4.69, 9.17) is 36.0 Å². The summed E-state index contributed by atoms with van der Waals surface area (Å²) in [5.74, 6) is -0.0286. The number of hydrogen-bond donors (Lipinski definition) is 0. The average molecular weight is 684 g/mol. The van der Waals surface area contributed by atoms with Crippen LogP contribution in [0.2, 0.25) is 5.02 Å². The Morgan fingerprint density at radius 1 is 1.02 bits per heavy atom. The van der Waals surface area contributed by atoms with Crippen molar-refractivity contribution >= 4 is 39.2 Å². The lowest BCUT2D eigenvalue weighted by Crippen LogP contribution is -2.13. The van der Waals surface area contributed by atoms with Gasteiger partial charge in [0, 0.05) is 64.5 Å². The summed E-state index contributed by atoms with van der Waals surface area (Å²) in [6.07, 6.45) is 1.65. The van der Waals surface area contributed by atoms with Gasteiger partial charge in [-0.25, -0.2) is 9.18 Å². The number of halogens is 2. The van der Waals surface area contributed by atoms with Crippen LogP contribution in [0.5, 0.6) is 5.75 Å². The fourth-order valence-electron chi connectivity index (χ4n) is 7.15. The first-order chi connectivity index (χ1) is 23.5. The Bertz CT molecular complexity index is 2250. The van der Waals surface area contributed by atoms with Crippen molar-refractivity contribution in [3.05, 3.63) is 99.0 Å². The maximum absolute atomic E-state index is 14.3. The predicted octanol–water partition coefficient (Wildman–Crippen LogP) is 7.97. The number of benzene rings is 3. The standard InChI is InChI=1S/C38H39ClFN5O4/c1-21-33-31-13-12-30(39)35(33)34-22(2)43(4)42-36(34)23(3)49-20-27-19-28(44(5)41-27)10-8-24-16-25-18-26(40)9-11-29(25)32(17-24)48-15-7-14-45(31)37(21)38(46)47-6/h9,11-13,16-19,23H,7-8,10,14-15,20H2,1-6H3. The molecular weight excluding hydrogens is 645 g/mol. The summed E-state index contributed by atoms with van der Waals surface area (Å²) < 4.78 is 38.2. The molecule has 4 heterocycles. The number of esters is 1. The third kappa shape index (κ3) is 5.87. The molecule has 0 saturated heterocycles. The van der Waals surface area contributed by atoms with Crippen LogP contribution in [0.4, 0.5) is 4.39 Å². The van der Waals surface area contributed by atoms with Crippen LogP contribution < -0.4 is 4.74 Å². The number of aryl methyl sites for hydroxylation is 6. The highest BCUT2D eigenvalue weighted by Gasteiger charge is 2.29. The van der Waals surface area contributed by atoms with Crippen LogP contribution in [0.15, 0.2) is 48.5 Å². The molecule has 7 rings (SSSR count). The highest BCUT2D eigenvalue weighted by molar-refractivity contribution is 6.35. The fourth-order valence-corrected chi connectivity index (χ4v) is 7.40. The Balaban J connectivity index is 1.39. The molecule has 0 spiro atoms. The van der Waals surface area contributed by atoms with Gasteiger partial charge in [-0.2, -0.15) is 10.2 Å². The highest BCUT2D eigenvalue weighted by atomic mass is 35.5. The Hall–Kier alpha value is -4.67. The van der Waals surface area contributed by atoms with E-state index in [1.54, 1.807) is 12.1 Å². The van der Waals surface area contributed by atoms with E-state index in [9.17, 15) is 9.18 Å². The number of carbonyl (C=O) groups is 1. The van der Waals surface area contributed by atoms with Gasteiger partial charge in [-0.1, -0.05) is 17.7 Å². The van der Waals surface area contributed by atoms with Crippen molar-refractivity contribution in [3.63, 3.8) is 0 Å². The molecule has 1 aliphatic heterocycles. The summed E-state index contributed by atoms with van der Waals surface area (Å²) in [5.41, 5.74) is 8.35. The van der Waals surface area contributed by atoms with E-state index in [0.29, 0.717) is 36.0 Å². The van der Waals surface area contributed by atoms with Crippen molar-refractivity contribution in [2.45, 2.75) is 59.3 Å². The van der Waals surface area contributed by atoms with Gasteiger partial charge in [0.05, 0.1) is 37.8 Å². The number of rotatable bonds is 1. The normalized spacial score (nSPS) is 15.6. The van der Waals surface area contributed by atoms with E-state index in [2.05, 4.69) is 6.07 Å². The Labute approximate surface area is 289 Å². The maximum Gasteiger partial charge on any atom is 0.354 e. The van der Waals surface area contributed by atoms with E-state index in [0.717, 1.165) is 79.5 Å². The lowest BCUT2D eigenvalue weighted by atomic mass is 9.95. The molecule has 0 radical (unpaired) electrons. The summed E-state index contributed by atoms with van der Waals surface area (Å²) in [6, 6.07) is 14.7. The van der Waals surface area contributed by atoms with Gasteiger partial charge in [0.25, 0.3) is 0 Å². The molecule has 3 aromatic carbocycles. The summed E-state index contributed by atoms with van der Waals surface area (Å²) in [5, 5.41) is 12.7. The average Bonchev–Trinajstić information content (AvgIpc) is 3.69. The number of hydrogen-bond acceptors (Lipinski definition) is 6. The van der Waals surface area contributed by atoms with Crippen molar-refractivity contribution in [2.75, 3.05) is 13.7 Å². The quantitative estimate of drug-likeness (QED) is 0.164. The summed E-state index contributed by atoms with van der Waals surface area (Å²) in [6.45, 7) is 7.08. The van der Waals surface area contributed by atoms with Crippen LogP contribution >= 0.6 is 11.6 Å². The van der Waals surface area contributed by atoms with Crippen LogP contribution in [0.1, 0.15) is 63.8 Å². The minimum atomic E-state index is -0.429. The monoisotopic (exact) mass is 683 g/mol. The molecule has 9 nitrogen and oxygen atoms in total. The predicted molar refractivity (Wildman–Crippen MR) is 188 cm³/mol. The van der Waals surface area contributed by atoms with Crippen LogP contribution in [0.3, 0.4) is 0 Å². The summed E-state index contributed by atoms with van der Waals surface area (Å²) >= 11 is 7.05. The van der Waals surface area contributed by atoms with Gasteiger partial charge >= 0.3 is 5.97 Å². The molecule has 1 atom stereocenters. The largest absolute Gasteiger partial charge is 0.493 e. The molecular formula is C38H39ClFN5O4. The van der Waals surface area contributed by atoms with Crippen molar-refractivity contribution < 1.29 is 23.4 Å². The molecule has 0 amide bonds. The zero-order valence-corrected chi connectivity index (χ0v) is 29.3. The number of carbonyl (C=O) groups excluding carboxylic acids is 1. The molecule has 8 bridgehead atoms. The minimum absolute atomic E-state index is 0.289. The molecule has 1 unspecified atom stereocenters. The van der Waals surface area contributed by atoms with Gasteiger partial charge in [-0.05, 0) is 99.0 Å². The van der Waals surface area contributed by atoms with Crippen LogP contribution in [0.25, 0.3) is 32.8 Å². The first kappa shape index (κ1) is 32.9. The molecule has 0 aliphatic carbocycles. The van der Waals surface area contributed by atoms with Gasteiger partial charge in [0.1, 0.15) is 17.3 Å². The molecule has 49 heavy (non-hydrogen) atoms. The number of aromatic nitrogens is 5. The second-order valence-corrected chi connectivity index (χ2v) is 13.2. The van der Waals surface area contributed by atoms with Crippen molar-refractivity contribution in [1.29, 1.82) is 0 Å². The van der Waals surface area contributed by atoms with E-state index in [1.807, 2.05) is 73.1 Å². The van der Waals surface area contributed by atoms with Gasteiger partial charge in [0.15, 0.2) is 0 Å². The van der Waals surface area contributed by atoms with Gasteiger partial charge in [-0.3, -0.25) is 9.36 Å². The third-order valence-corrected chi connectivity index (χ3v) is 10.0. The molecule has 6 aromatic rings. The second-order valence-electron chi connectivity index (χ2n) is 12.8. The van der Waals surface area contributed by atoms with Gasteiger partial charge < -0.3 is 18.8 Å². The van der Waals surface area contributed by atoms with E-state index >= 15 is 0 Å². The molecule has 3 aromatic heterocycles. The summed E-state index contributed by atoms with van der Waals surface area (Å²) in [7, 11) is 5.24. The lowest BCUT2D eigenvalue weighted by molar-refractivity contribution is 0.0475. The topological polar surface area (TPSA) is 85.3 Å². The zero-order chi connectivity index (χ0) is 34.6. The van der Waals surface area contributed by atoms with E-state index in [-0.39, 0.29) is 12.4 Å². The third-order valence-electron chi connectivity index (χ3n) is 9.70. The highest BCUT2D eigenvalue weighted by Crippen LogP contribution is 2.44. The lowest BCUT2D eigenvalue weighted by Gasteiger charge is -2.15. The molecule has 254 valence electrons.